The van der Waals surface area contributed by atoms with Crippen LogP contribution in [0.3, 0.4) is 0 Å². The van der Waals surface area contributed by atoms with Gasteiger partial charge >= 0.3 is 6.29 Å². The molecule has 0 fully saturated rings. The standard InChI is InChI=1S/C11H8F2O3/c12-11(13)15-9-5-4-8(3-1-2-6-14)7-10(9)16-11/h1,3-7H,2H2. The predicted octanol–water partition coefficient (Wildman–Crippen LogP) is 2.61. The van der Waals surface area contributed by atoms with E-state index < -0.39 is 6.29 Å². The third-order valence-corrected chi connectivity index (χ3v) is 1.97. The maximum atomic E-state index is 12.7. The number of benzene rings is 1. The van der Waals surface area contributed by atoms with Crippen molar-refractivity contribution < 1.29 is 23.0 Å². The van der Waals surface area contributed by atoms with Crippen molar-refractivity contribution in [1.29, 1.82) is 0 Å². The van der Waals surface area contributed by atoms with Crippen molar-refractivity contribution in [3.8, 4) is 11.5 Å². The Balaban J connectivity index is 2.19. The number of rotatable bonds is 3. The molecule has 0 bridgehead atoms. The van der Waals surface area contributed by atoms with Gasteiger partial charge in [-0.05, 0) is 17.7 Å². The van der Waals surface area contributed by atoms with Crippen LogP contribution in [0.4, 0.5) is 8.78 Å². The number of hydrogen-bond donors (Lipinski definition) is 0. The van der Waals surface area contributed by atoms with Crippen molar-refractivity contribution in [2.45, 2.75) is 12.7 Å². The monoisotopic (exact) mass is 226 g/mol. The average molecular weight is 226 g/mol. The lowest BCUT2D eigenvalue weighted by Gasteiger charge is -2.04. The van der Waals surface area contributed by atoms with E-state index >= 15 is 0 Å². The van der Waals surface area contributed by atoms with Gasteiger partial charge in [0, 0.05) is 6.42 Å². The van der Waals surface area contributed by atoms with E-state index in [2.05, 4.69) is 9.47 Å². The molecule has 0 atom stereocenters. The van der Waals surface area contributed by atoms with Gasteiger partial charge in [-0.1, -0.05) is 18.2 Å². The highest BCUT2D eigenvalue weighted by molar-refractivity contribution is 5.60. The Kier molecular flexibility index (Phi) is 2.60. The van der Waals surface area contributed by atoms with Crippen LogP contribution in [0.15, 0.2) is 24.3 Å². The first-order valence-corrected chi connectivity index (χ1v) is 4.61. The van der Waals surface area contributed by atoms with Crippen molar-refractivity contribution in [2.24, 2.45) is 0 Å². The first-order valence-electron chi connectivity index (χ1n) is 4.61. The third-order valence-electron chi connectivity index (χ3n) is 1.97. The van der Waals surface area contributed by atoms with Crippen LogP contribution in [0, 0.1) is 0 Å². The lowest BCUT2D eigenvalue weighted by atomic mass is 10.2. The topological polar surface area (TPSA) is 35.5 Å². The highest BCUT2D eigenvalue weighted by Gasteiger charge is 2.43. The molecule has 5 heteroatoms. The molecular weight excluding hydrogens is 218 g/mol. The average Bonchev–Trinajstić information content (AvgIpc) is 2.51. The zero-order valence-corrected chi connectivity index (χ0v) is 8.15. The summed E-state index contributed by atoms with van der Waals surface area (Å²) in [5, 5.41) is 0. The Bertz CT molecular complexity index is 441. The molecule has 0 aromatic heterocycles. The summed E-state index contributed by atoms with van der Waals surface area (Å²) >= 11 is 0. The minimum absolute atomic E-state index is 0.00162. The molecule has 1 aromatic carbocycles. The first kappa shape index (κ1) is 10.6. The number of halogens is 2. The number of carbonyl (C=O) groups is 1. The summed E-state index contributed by atoms with van der Waals surface area (Å²) in [7, 11) is 0. The highest BCUT2D eigenvalue weighted by atomic mass is 19.3. The quantitative estimate of drug-likeness (QED) is 0.743. The largest absolute Gasteiger partial charge is 0.586 e. The van der Waals surface area contributed by atoms with Gasteiger partial charge in [0.25, 0.3) is 0 Å². The van der Waals surface area contributed by atoms with E-state index in [0.29, 0.717) is 5.56 Å². The summed E-state index contributed by atoms with van der Waals surface area (Å²) in [5.41, 5.74) is 0.668. The molecule has 0 amide bonds. The number of fused-ring (bicyclic) bond motifs is 1. The Morgan fingerprint density at radius 2 is 2.00 bits per heavy atom. The predicted molar refractivity (Wildman–Crippen MR) is 52.4 cm³/mol. The molecule has 3 nitrogen and oxygen atoms in total. The molecular formula is C11H8F2O3. The van der Waals surface area contributed by atoms with E-state index in [1.54, 1.807) is 18.2 Å². The number of aldehydes is 1. The molecule has 2 rings (SSSR count). The summed E-state index contributed by atoms with van der Waals surface area (Å²) in [6.45, 7) is 0. The number of ether oxygens (including phenoxy) is 2. The smallest absolute Gasteiger partial charge is 0.395 e. The van der Waals surface area contributed by atoms with Crippen molar-refractivity contribution in [2.75, 3.05) is 0 Å². The fraction of sp³-hybridized carbons (Fsp3) is 0.182. The Hall–Kier alpha value is -1.91. The second kappa shape index (κ2) is 3.92. The van der Waals surface area contributed by atoms with E-state index in [-0.39, 0.29) is 17.9 Å². The van der Waals surface area contributed by atoms with Gasteiger partial charge in [-0.15, -0.1) is 8.78 Å². The molecule has 1 heterocycles. The Morgan fingerprint density at radius 1 is 1.25 bits per heavy atom. The minimum atomic E-state index is -3.59. The lowest BCUT2D eigenvalue weighted by molar-refractivity contribution is -0.286. The van der Waals surface area contributed by atoms with Gasteiger partial charge in [0.1, 0.15) is 6.29 Å². The van der Waals surface area contributed by atoms with Crippen molar-refractivity contribution in [3.05, 3.63) is 29.8 Å². The van der Waals surface area contributed by atoms with Crippen LogP contribution in [0.5, 0.6) is 11.5 Å². The molecule has 16 heavy (non-hydrogen) atoms. The lowest BCUT2D eigenvalue weighted by Crippen LogP contribution is -2.25. The van der Waals surface area contributed by atoms with Crippen LogP contribution in [0.2, 0.25) is 0 Å². The van der Waals surface area contributed by atoms with Crippen molar-refractivity contribution >= 4 is 12.4 Å². The van der Waals surface area contributed by atoms with E-state index in [1.807, 2.05) is 0 Å². The molecule has 0 radical (unpaired) electrons. The maximum absolute atomic E-state index is 12.7. The molecule has 0 saturated carbocycles. The second-order valence-corrected chi connectivity index (χ2v) is 3.18. The fourth-order valence-corrected chi connectivity index (χ4v) is 1.33. The van der Waals surface area contributed by atoms with Gasteiger partial charge in [-0.25, -0.2) is 0 Å². The van der Waals surface area contributed by atoms with Gasteiger partial charge in [0.15, 0.2) is 11.5 Å². The van der Waals surface area contributed by atoms with Gasteiger partial charge in [0.2, 0.25) is 0 Å². The van der Waals surface area contributed by atoms with Gasteiger partial charge in [-0.3, -0.25) is 0 Å². The fourth-order valence-electron chi connectivity index (χ4n) is 1.33. The van der Waals surface area contributed by atoms with Crippen LogP contribution >= 0.6 is 0 Å². The minimum Gasteiger partial charge on any atom is -0.395 e. The van der Waals surface area contributed by atoms with E-state index in [1.165, 1.54) is 12.1 Å². The van der Waals surface area contributed by atoms with Crippen LogP contribution in [0.25, 0.3) is 6.08 Å². The van der Waals surface area contributed by atoms with E-state index in [9.17, 15) is 13.6 Å². The molecule has 0 saturated heterocycles. The molecule has 0 N–H and O–H groups in total. The Labute approximate surface area is 90.3 Å². The number of alkyl halides is 2. The first-order chi connectivity index (χ1) is 7.61. The van der Waals surface area contributed by atoms with E-state index in [4.69, 9.17) is 0 Å². The number of carbonyl (C=O) groups excluding carboxylic acids is 1. The molecule has 1 aromatic rings. The normalized spacial score (nSPS) is 16.6. The van der Waals surface area contributed by atoms with Crippen LogP contribution < -0.4 is 9.47 Å². The summed E-state index contributed by atoms with van der Waals surface area (Å²) in [6.07, 6.45) is 0.715. The van der Waals surface area contributed by atoms with Gasteiger partial charge < -0.3 is 14.3 Å². The molecule has 0 spiro atoms. The van der Waals surface area contributed by atoms with Crippen molar-refractivity contribution in [3.63, 3.8) is 0 Å². The molecule has 1 aliphatic heterocycles. The molecule has 0 unspecified atom stereocenters. The van der Waals surface area contributed by atoms with Crippen LogP contribution in [-0.4, -0.2) is 12.6 Å². The summed E-state index contributed by atoms with van der Waals surface area (Å²) in [5.74, 6) is 0.00999. The molecule has 1 aliphatic rings. The summed E-state index contributed by atoms with van der Waals surface area (Å²) < 4.78 is 33.9. The zero-order chi connectivity index (χ0) is 11.6. The highest BCUT2D eigenvalue weighted by Crippen LogP contribution is 2.41. The SMILES string of the molecule is O=CCC=Cc1ccc2c(c1)OC(F)(F)O2. The Morgan fingerprint density at radius 3 is 2.75 bits per heavy atom. The van der Waals surface area contributed by atoms with Crippen LogP contribution in [-0.2, 0) is 4.79 Å². The molecule has 84 valence electrons. The van der Waals surface area contributed by atoms with E-state index in [0.717, 1.165) is 6.29 Å². The summed E-state index contributed by atoms with van der Waals surface area (Å²) in [4.78, 5) is 10.1. The third kappa shape index (κ3) is 2.18. The number of allylic oxidation sites excluding steroid dienone is 1. The van der Waals surface area contributed by atoms with Gasteiger partial charge in [-0.2, -0.15) is 0 Å². The second-order valence-electron chi connectivity index (χ2n) is 3.18. The zero-order valence-electron chi connectivity index (χ0n) is 8.15. The molecule has 0 aliphatic carbocycles. The van der Waals surface area contributed by atoms with Gasteiger partial charge in [0.05, 0.1) is 0 Å². The number of hydrogen-bond acceptors (Lipinski definition) is 3. The van der Waals surface area contributed by atoms with Crippen molar-refractivity contribution in [1.82, 2.24) is 0 Å². The van der Waals surface area contributed by atoms with Crippen LogP contribution in [0.1, 0.15) is 12.0 Å². The maximum Gasteiger partial charge on any atom is 0.586 e. The summed E-state index contributed by atoms with van der Waals surface area (Å²) in [6, 6.07) is 4.43.